The Morgan fingerprint density at radius 1 is 1.20 bits per heavy atom. The molecule has 166 valence electrons. The summed E-state index contributed by atoms with van der Waals surface area (Å²) >= 11 is 0. The number of unbranched alkanes of at least 4 members (excludes halogenated alkanes) is 1. The zero-order valence-electron chi connectivity index (χ0n) is 18.4. The van der Waals surface area contributed by atoms with Crippen molar-refractivity contribution in [2.75, 3.05) is 40.9 Å². The highest BCUT2D eigenvalue weighted by Gasteiger charge is 2.26. The van der Waals surface area contributed by atoms with Crippen LogP contribution in [0.5, 0.6) is 11.5 Å². The quantitative estimate of drug-likeness (QED) is 0.246. The van der Waals surface area contributed by atoms with E-state index >= 15 is 0 Å². The largest absolute Gasteiger partial charge is 0.497 e. The summed E-state index contributed by atoms with van der Waals surface area (Å²) in [6.07, 6.45) is 7.21. The lowest BCUT2D eigenvalue weighted by molar-refractivity contribution is 0.392. The van der Waals surface area contributed by atoms with Gasteiger partial charge in [0.15, 0.2) is 5.96 Å². The number of aryl methyl sites for hydroxylation is 2. The second-order valence-electron chi connectivity index (χ2n) is 7.43. The zero-order valence-corrected chi connectivity index (χ0v) is 20.8. The number of halogens is 1. The fraction of sp³-hybridized carbons (Fsp3) is 0.545. The van der Waals surface area contributed by atoms with Crippen LogP contribution in [0, 0.1) is 6.92 Å². The molecule has 1 aromatic heterocycles. The zero-order chi connectivity index (χ0) is 20.6. The molecule has 1 unspecified atom stereocenters. The first-order valence-electron chi connectivity index (χ1n) is 10.3. The third-order valence-corrected chi connectivity index (χ3v) is 5.58. The number of hydrogen-bond acceptors (Lipinski definition) is 4. The number of imidazole rings is 1. The second kappa shape index (κ2) is 12.0. The first-order valence-corrected chi connectivity index (χ1v) is 10.3. The van der Waals surface area contributed by atoms with Crippen molar-refractivity contribution in [3.63, 3.8) is 0 Å². The van der Waals surface area contributed by atoms with Gasteiger partial charge in [0.1, 0.15) is 17.3 Å². The molecular weight excluding hydrogens is 493 g/mol. The third kappa shape index (κ3) is 6.26. The average Bonchev–Trinajstić information content (AvgIpc) is 3.39. The Morgan fingerprint density at radius 2 is 1.93 bits per heavy atom. The van der Waals surface area contributed by atoms with Crippen molar-refractivity contribution < 1.29 is 9.47 Å². The molecule has 0 bridgehead atoms. The Bertz CT molecular complexity index is 801. The lowest BCUT2D eigenvalue weighted by Gasteiger charge is -2.22. The standard InChI is InChI=1S/C22H33N5O2.HI/c1-17-24-9-12-26(17)10-6-5-8-25-22(23-2)27-11-7-18(16-27)19-13-20(28-3)15-21(14-19)29-4;/h9,12-15,18H,5-8,10-11,16H2,1-4H3,(H,23,25);1H. The van der Waals surface area contributed by atoms with E-state index in [0.29, 0.717) is 5.92 Å². The lowest BCUT2D eigenvalue weighted by atomic mass is 9.98. The molecular formula is C22H34IN5O2. The van der Waals surface area contributed by atoms with Gasteiger partial charge in [0.05, 0.1) is 14.2 Å². The molecule has 7 nitrogen and oxygen atoms in total. The molecule has 1 aliphatic rings. The highest BCUT2D eigenvalue weighted by molar-refractivity contribution is 14.0. The number of aromatic nitrogens is 2. The number of aliphatic imine (C=N–C) groups is 1. The normalized spacial score (nSPS) is 16.3. The lowest BCUT2D eigenvalue weighted by Crippen LogP contribution is -2.40. The van der Waals surface area contributed by atoms with Crippen molar-refractivity contribution in [2.45, 2.75) is 38.6 Å². The van der Waals surface area contributed by atoms with Crippen LogP contribution in [-0.2, 0) is 6.54 Å². The van der Waals surface area contributed by atoms with E-state index in [2.05, 4.69) is 36.9 Å². The second-order valence-corrected chi connectivity index (χ2v) is 7.43. The summed E-state index contributed by atoms with van der Waals surface area (Å²) < 4.78 is 13.1. The van der Waals surface area contributed by atoms with Crippen molar-refractivity contribution in [1.82, 2.24) is 19.8 Å². The molecule has 2 heterocycles. The molecule has 1 N–H and O–H groups in total. The number of nitrogens with zero attached hydrogens (tertiary/aromatic N) is 4. The molecule has 1 aliphatic heterocycles. The third-order valence-electron chi connectivity index (χ3n) is 5.58. The topological polar surface area (TPSA) is 63.9 Å². The van der Waals surface area contributed by atoms with Crippen LogP contribution in [0.4, 0.5) is 0 Å². The predicted molar refractivity (Wildman–Crippen MR) is 131 cm³/mol. The number of hydrogen-bond donors (Lipinski definition) is 1. The molecule has 1 fully saturated rings. The van der Waals surface area contributed by atoms with E-state index in [4.69, 9.17) is 9.47 Å². The predicted octanol–water partition coefficient (Wildman–Crippen LogP) is 3.67. The first-order chi connectivity index (χ1) is 14.1. The molecule has 3 rings (SSSR count). The summed E-state index contributed by atoms with van der Waals surface area (Å²) in [6, 6.07) is 6.15. The maximum atomic E-state index is 5.43. The minimum Gasteiger partial charge on any atom is -0.497 e. The summed E-state index contributed by atoms with van der Waals surface area (Å²) in [4.78, 5) is 11.1. The number of methoxy groups -OCH3 is 2. The molecule has 8 heteroatoms. The van der Waals surface area contributed by atoms with E-state index in [9.17, 15) is 0 Å². The van der Waals surface area contributed by atoms with Gasteiger partial charge < -0.3 is 24.3 Å². The molecule has 30 heavy (non-hydrogen) atoms. The van der Waals surface area contributed by atoms with Gasteiger partial charge in [-0.25, -0.2) is 4.98 Å². The van der Waals surface area contributed by atoms with Gasteiger partial charge in [0, 0.05) is 57.6 Å². The Kier molecular flexibility index (Phi) is 9.74. The Morgan fingerprint density at radius 3 is 2.53 bits per heavy atom. The van der Waals surface area contributed by atoms with Crippen molar-refractivity contribution in [1.29, 1.82) is 0 Å². The van der Waals surface area contributed by atoms with Crippen LogP contribution in [0.25, 0.3) is 0 Å². The SMILES string of the molecule is CN=C(NCCCCn1ccnc1C)N1CCC(c2cc(OC)cc(OC)c2)C1.I. The maximum absolute atomic E-state index is 5.43. The number of likely N-dealkylation sites (tertiary alicyclic amines) is 1. The number of benzene rings is 1. The van der Waals surface area contributed by atoms with Crippen molar-refractivity contribution in [3.05, 3.63) is 42.0 Å². The van der Waals surface area contributed by atoms with Crippen LogP contribution in [0.3, 0.4) is 0 Å². The van der Waals surface area contributed by atoms with Crippen LogP contribution >= 0.6 is 24.0 Å². The molecule has 1 aromatic carbocycles. The van der Waals surface area contributed by atoms with Gasteiger partial charge in [0.2, 0.25) is 0 Å². The molecule has 0 spiro atoms. The molecule has 0 aliphatic carbocycles. The van der Waals surface area contributed by atoms with Gasteiger partial charge in [-0.1, -0.05) is 0 Å². The molecule has 1 saturated heterocycles. The fourth-order valence-corrected chi connectivity index (χ4v) is 3.87. The number of rotatable bonds is 8. The van der Waals surface area contributed by atoms with Crippen LogP contribution in [0.15, 0.2) is 35.6 Å². The van der Waals surface area contributed by atoms with Crippen LogP contribution < -0.4 is 14.8 Å². The van der Waals surface area contributed by atoms with E-state index < -0.39 is 0 Å². The van der Waals surface area contributed by atoms with E-state index in [1.54, 1.807) is 14.2 Å². The monoisotopic (exact) mass is 527 g/mol. The highest BCUT2D eigenvalue weighted by atomic mass is 127. The first kappa shape index (κ1) is 24.3. The summed E-state index contributed by atoms with van der Waals surface area (Å²) in [5, 5.41) is 3.52. The molecule has 0 radical (unpaired) electrons. The summed E-state index contributed by atoms with van der Waals surface area (Å²) in [5.74, 6) is 4.19. The van der Waals surface area contributed by atoms with Gasteiger partial charge in [-0.3, -0.25) is 4.99 Å². The van der Waals surface area contributed by atoms with Crippen molar-refractivity contribution >= 4 is 29.9 Å². The average molecular weight is 527 g/mol. The van der Waals surface area contributed by atoms with Gasteiger partial charge in [-0.2, -0.15) is 0 Å². The maximum Gasteiger partial charge on any atom is 0.193 e. The van der Waals surface area contributed by atoms with Gasteiger partial charge in [-0.15, -0.1) is 24.0 Å². The Hall–Kier alpha value is -1.97. The fourth-order valence-electron chi connectivity index (χ4n) is 3.87. The molecule has 2 aromatic rings. The summed E-state index contributed by atoms with van der Waals surface area (Å²) in [6.45, 7) is 5.92. The smallest absolute Gasteiger partial charge is 0.193 e. The number of guanidine groups is 1. The molecule has 0 saturated carbocycles. The summed E-state index contributed by atoms with van der Waals surface area (Å²) in [5.41, 5.74) is 1.26. The van der Waals surface area contributed by atoms with Gasteiger partial charge in [0.25, 0.3) is 0 Å². The van der Waals surface area contributed by atoms with Gasteiger partial charge in [-0.05, 0) is 43.9 Å². The van der Waals surface area contributed by atoms with Crippen LogP contribution in [0.1, 0.15) is 36.6 Å². The Labute approximate surface area is 196 Å². The van der Waals surface area contributed by atoms with Crippen molar-refractivity contribution in [2.24, 2.45) is 4.99 Å². The van der Waals surface area contributed by atoms with E-state index in [1.165, 1.54) is 5.56 Å². The summed E-state index contributed by atoms with van der Waals surface area (Å²) in [7, 11) is 5.25. The number of nitrogens with one attached hydrogen (secondary N) is 1. The molecule has 1 atom stereocenters. The van der Waals surface area contributed by atoms with Crippen LogP contribution in [0.2, 0.25) is 0 Å². The molecule has 0 amide bonds. The minimum atomic E-state index is 0. The van der Waals surface area contributed by atoms with E-state index in [-0.39, 0.29) is 24.0 Å². The van der Waals surface area contributed by atoms with Crippen molar-refractivity contribution in [3.8, 4) is 11.5 Å². The Balaban J connectivity index is 0.00000320. The van der Waals surface area contributed by atoms with E-state index in [0.717, 1.165) is 68.7 Å². The van der Waals surface area contributed by atoms with Crippen LogP contribution in [-0.4, -0.2) is 61.3 Å². The highest BCUT2D eigenvalue weighted by Crippen LogP contribution is 2.32. The number of ether oxygens (including phenoxy) is 2. The van der Waals surface area contributed by atoms with Gasteiger partial charge >= 0.3 is 0 Å². The van der Waals surface area contributed by atoms with E-state index in [1.807, 2.05) is 32.4 Å². The minimum absolute atomic E-state index is 0.